The molecule has 10 nitrogen and oxygen atoms in total. The van der Waals surface area contributed by atoms with Gasteiger partial charge in [0, 0.05) is 51.0 Å². The van der Waals surface area contributed by atoms with Gasteiger partial charge in [0.25, 0.3) is 0 Å². The maximum Gasteiger partial charge on any atom is 0.233 e. The number of anilines is 2. The predicted octanol–water partition coefficient (Wildman–Crippen LogP) is 3.28. The third-order valence-electron chi connectivity index (χ3n) is 6.31. The van der Waals surface area contributed by atoms with E-state index < -0.39 is 6.10 Å². The summed E-state index contributed by atoms with van der Waals surface area (Å²) >= 11 is 3.35. The van der Waals surface area contributed by atoms with Crippen LogP contribution >= 0.6 is 15.9 Å². The van der Waals surface area contributed by atoms with Crippen LogP contribution in [0.5, 0.6) is 23.1 Å². The summed E-state index contributed by atoms with van der Waals surface area (Å²) in [6.45, 7) is 5.66. The second kappa shape index (κ2) is 13.0. The molecule has 5 rings (SSSR count). The lowest BCUT2D eigenvalue weighted by Crippen LogP contribution is -2.48. The van der Waals surface area contributed by atoms with Crippen LogP contribution in [0.15, 0.2) is 53.1 Å². The maximum atomic E-state index is 10.6. The van der Waals surface area contributed by atoms with E-state index in [4.69, 9.17) is 25.4 Å². The predicted molar refractivity (Wildman–Crippen MR) is 150 cm³/mol. The number of halogens is 1. The van der Waals surface area contributed by atoms with Crippen molar-refractivity contribution in [3.63, 3.8) is 0 Å². The van der Waals surface area contributed by atoms with Gasteiger partial charge in [-0.3, -0.25) is 9.80 Å². The van der Waals surface area contributed by atoms with E-state index in [1.54, 1.807) is 6.20 Å². The smallest absolute Gasteiger partial charge is 0.233 e. The monoisotopic (exact) mass is 595 g/mol. The van der Waals surface area contributed by atoms with Gasteiger partial charge in [-0.05, 0) is 45.8 Å². The van der Waals surface area contributed by atoms with Crippen LogP contribution in [0.25, 0.3) is 0 Å². The highest BCUT2D eigenvalue weighted by Gasteiger charge is 2.21. The average Bonchev–Trinajstić information content (AvgIpc) is 3.42. The number of nitrogens with zero attached hydrogens (tertiary/aromatic N) is 4. The number of fused-ring (bicyclic) bond motifs is 1. The number of β-amino-alcohol motifs (C(OH)–C–C–N with tert-alkyl or cyclic N) is 1. The van der Waals surface area contributed by atoms with Crippen LogP contribution in [0.3, 0.4) is 0 Å². The number of hydrogen-bond acceptors (Lipinski definition) is 10. The number of hydrogen-bond donors (Lipinski definition) is 2. The van der Waals surface area contributed by atoms with Crippen LogP contribution in [0, 0.1) is 12.3 Å². The van der Waals surface area contributed by atoms with Gasteiger partial charge in [-0.25, -0.2) is 4.98 Å². The number of ether oxygens (including phenoxy) is 4. The molecule has 2 aromatic carbocycles. The minimum absolute atomic E-state index is 0.109. The lowest BCUT2D eigenvalue weighted by atomic mass is 10.1. The average molecular weight is 596 g/mol. The van der Waals surface area contributed by atoms with Gasteiger partial charge >= 0.3 is 0 Å². The summed E-state index contributed by atoms with van der Waals surface area (Å²) in [6, 6.07) is 13.5. The van der Waals surface area contributed by atoms with E-state index >= 15 is 0 Å². The van der Waals surface area contributed by atoms with E-state index in [-0.39, 0.29) is 20.0 Å². The van der Waals surface area contributed by atoms with Crippen molar-refractivity contribution < 1.29 is 24.1 Å². The van der Waals surface area contributed by atoms with Crippen molar-refractivity contribution in [1.82, 2.24) is 19.8 Å². The molecule has 0 spiro atoms. The second-order valence-corrected chi connectivity index (χ2v) is 10.1. The van der Waals surface area contributed by atoms with E-state index in [0.717, 1.165) is 49.9 Å². The van der Waals surface area contributed by atoms with Crippen LogP contribution in [0.4, 0.5) is 11.6 Å². The molecule has 1 aromatic heterocycles. The Labute approximate surface area is 236 Å². The van der Waals surface area contributed by atoms with Crippen LogP contribution in [-0.2, 0) is 6.54 Å². The Hall–Kier alpha value is -3.56. The SMILES string of the molecule is C#CCOc1nc(Nc2cccc(OCC(O)CN3CCN(Cc4ccc5c(c4)OCO5)CC3)c2)ncc1Br. The van der Waals surface area contributed by atoms with Gasteiger partial charge in [-0.2, -0.15) is 4.98 Å². The first-order chi connectivity index (χ1) is 19.1. The number of terminal acetylenes is 1. The highest BCUT2D eigenvalue weighted by Crippen LogP contribution is 2.33. The van der Waals surface area contributed by atoms with Crippen molar-refractivity contribution in [3.8, 4) is 35.5 Å². The highest BCUT2D eigenvalue weighted by molar-refractivity contribution is 9.10. The lowest BCUT2D eigenvalue weighted by molar-refractivity contribution is 0.0446. The minimum atomic E-state index is -0.604. The molecule has 0 aliphatic carbocycles. The summed E-state index contributed by atoms with van der Waals surface area (Å²) in [7, 11) is 0. The molecule has 1 saturated heterocycles. The van der Waals surface area contributed by atoms with Crippen LogP contribution < -0.4 is 24.3 Å². The van der Waals surface area contributed by atoms with E-state index in [2.05, 4.69) is 59.1 Å². The van der Waals surface area contributed by atoms with E-state index in [9.17, 15) is 5.11 Å². The van der Waals surface area contributed by atoms with Crippen molar-refractivity contribution in [3.05, 3.63) is 58.7 Å². The van der Waals surface area contributed by atoms with Gasteiger partial charge in [-0.15, -0.1) is 6.42 Å². The molecule has 204 valence electrons. The molecule has 3 aromatic rings. The Kier molecular flexibility index (Phi) is 9.00. The van der Waals surface area contributed by atoms with Crippen molar-refractivity contribution in [2.75, 3.05) is 58.0 Å². The van der Waals surface area contributed by atoms with Gasteiger partial charge in [-0.1, -0.05) is 18.1 Å². The molecule has 0 radical (unpaired) electrons. The summed E-state index contributed by atoms with van der Waals surface area (Å²) in [5.41, 5.74) is 1.95. The minimum Gasteiger partial charge on any atom is -0.491 e. The molecule has 0 bridgehead atoms. The quantitative estimate of drug-likeness (QED) is 0.321. The first-order valence-corrected chi connectivity index (χ1v) is 13.4. The number of rotatable bonds is 11. The molecule has 39 heavy (non-hydrogen) atoms. The van der Waals surface area contributed by atoms with Gasteiger partial charge < -0.3 is 29.4 Å². The second-order valence-electron chi connectivity index (χ2n) is 9.22. The third-order valence-corrected chi connectivity index (χ3v) is 6.86. The molecule has 0 amide bonds. The van der Waals surface area contributed by atoms with Gasteiger partial charge in [0.1, 0.15) is 18.5 Å². The van der Waals surface area contributed by atoms with Gasteiger partial charge in [0.05, 0.1) is 10.7 Å². The van der Waals surface area contributed by atoms with E-state index in [1.165, 1.54) is 5.56 Å². The molecule has 1 fully saturated rings. The van der Waals surface area contributed by atoms with Crippen LogP contribution in [0.1, 0.15) is 5.56 Å². The first-order valence-electron chi connectivity index (χ1n) is 12.7. The summed E-state index contributed by atoms with van der Waals surface area (Å²) in [5.74, 6) is 5.39. The number of piperazine rings is 1. The Bertz CT molecular complexity index is 1310. The summed E-state index contributed by atoms with van der Waals surface area (Å²) in [4.78, 5) is 13.3. The Morgan fingerprint density at radius 1 is 1.08 bits per heavy atom. The molecule has 2 aliphatic rings. The molecule has 1 unspecified atom stereocenters. The highest BCUT2D eigenvalue weighted by atomic mass is 79.9. The number of aromatic nitrogens is 2. The standard InChI is InChI=1S/C28H30BrN5O5/c1-2-12-36-27-24(29)15-30-28(32-27)31-21-4-3-5-23(14-21)37-18-22(35)17-34-10-8-33(9-11-34)16-20-6-7-25-26(13-20)39-19-38-25/h1,3-7,13-15,22,35H,8-12,16-19H2,(H,30,31,32). The molecular weight excluding hydrogens is 566 g/mol. The molecule has 2 N–H and O–H groups in total. The van der Waals surface area contributed by atoms with Crippen molar-refractivity contribution in [1.29, 1.82) is 0 Å². The summed E-state index contributed by atoms with van der Waals surface area (Å²) in [6.07, 6.45) is 6.25. The molecule has 2 aliphatic heterocycles. The van der Waals surface area contributed by atoms with Crippen molar-refractivity contribution >= 4 is 27.6 Å². The molecule has 3 heterocycles. The summed E-state index contributed by atoms with van der Waals surface area (Å²) < 4.78 is 22.8. The van der Waals surface area contributed by atoms with E-state index in [0.29, 0.717) is 28.6 Å². The Morgan fingerprint density at radius 2 is 1.90 bits per heavy atom. The zero-order valence-electron chi connectivity index (χ0n) is 21.4. The Balaban J connectivity index is 1.05. The summed E-state index contributed by atoms with van der Waals surface area (Å²) in [5, 5.41) is 13.7. The fourth-order valence-electron chi connectivity index (χ4n) is 4.39. The van der Waals surface area contributed by atoms with Gasteiger partial charge in [0.15, 0.2) is 18.1 Å². The fraction of sp³-hybridized carbons (Fsp3) is 0.357. The maximum absolute atomic E-state index is 10.6. The first kappa shape index (κ1) is 27.0. The molecule has 0 saturated carbocycles. The number of aliphatic hydroxyl groups excluding tert-OH is 1. The van der Waals surface area contributed by atoms with Crippen LogP contribution in [0.2, 0.25) is 0 Å². The molecule has 11 heteroatoms. The van der Waals surface area contributed by atoms with Crippen molar-refractivity contribution in [2.45, 2.75) is 12.6 Å². The Morgan fingerprint density at radius 3 is 2.74 bits per heavy atom. The van der Waals surface area contributed by atoms with Crippen molar-refractivity contribution in [2.24, 2.45) is 0 Å². The van der Waals surface area contributed by atoms with Crippen LogP contribution in [-0.4, -0.2) is 83.7 Å². The number of aliphatic hydroxyl groups is 1. The van der Waals surface area contributed by atoms with Gasteiger partial charge in [0.2, 0.25) is 18.6 Å². The normalized spacial score (nSPS) is 15.9. The largest absolute Gasteiger partial charge is 0.491 e. The molecular formula is C28H30BrN5O5. The fourth-order valence-corrected chi connectivity index (χ4v) is 4.69. The third kappa shape index (κ3) is 7.52. The lowest BCUT2D eigenvalue weighted by Gasteiger charge is -2.35. The van der Waals surface area contributed by atoms with E-state index in [1.807, 2.05) is 30.3 Å². The topological polar surface area (TPSA) is 101 Å². The zero-order chi connectivity index (χ0) is 27.0. The number of benzene rings is 2. The molecule has 1 atom stereocenters. The number of nitrogens with one attached hydrogen (secondary N) is 1. The zero-order valence-corrected chi connectivity index (χ0v) is 23.0.